The summed E-state index contributed by atoms with van der Waals surface area (Å²) in [6, 6.07) is 5.23. The first-order chi connectivity index (χ1) is 14.8. The Balaban J connectivity index is 1.29. The third-order valence-electron chi connectivity index (χ3n) is 5.94. The first-order valence-corrected chi connectivity index (χ1v) is 10.7. The van der Waals surface area contributed by atoms with Crippen molar-refractivity contribution in [3.63, 3.8) is 0 Å². The average molecular weight is 406 g/mol. The number of nitrogens with zero attached hydrogens (tertiary/aromatic N) is 5. The van der Waals surface area contributed by atoms with Crippen molar-refractivity contribution in [2.45, 2.75) is 37.8 Å². The van der Waals surface area contributed by atoms with E-state index in [1.165, 1.54) is 5.69 Å². The van der Waals surface area contributed by atoms with Crippen LogP contribution in [0.1, 0.15) is 25.7 Å². The number of rotatable bonds is 5. The highest BCUT2D eigenvalue weighted by Crippen LogP contribution is 2.31. The van der Waals surface area contributed by atoms with Crippen LogP contribution in [0.2, 0.25) is 0 Å². The predicted octanol–water partition coefficient (Wildman–Crippen LogP) is 3.09. The van der Waals surface area contributed by atoms with Gasteiger partial charge in [-0.1, -0.05) is 0 Å². The average Bonchev–Trinajstić information content (AvgIpc) is 2.81. The zero-order chi connectivity index (χ0) is 20.2. The van der Waals surface area contributed by atoms with Crippen LogP contribution >= 0.6 is 0 Å². The number of ether oxygens (including phenoxy) is 1. The zero-order valence-corrected chi connectivity index (χ0v) is 17.0. The number of fused-ring (bicyclic) bond motifs is 1. The molecule has 2 N–H and O–H groups in total. The van der Waals surface area contributed by atoms with Crippen molar-refractivity contribution in [3.05, 3.63) is 43.1 Å². The number of morpholine rings is 1. The van der Waals surface area contributed by atoms with E-state index in [1.54, 1.807) is 31.0 Å². The summed E-state index contributed by atoms with van der Waals surface area (Å²) in [7, 11) is 0. The van der Waals surface area contributed by atoms with Gasteiger partial charge in [-0.05, 0) is 37.8 Å². The Morgan fingerprint density at radius 2 is 1.57 bits per heavy atom. The second-order valence-corrected chi connectivity index (χ2v) is 7.94. The highest BCUT2D eigenvalue weighted by molar-refractivity contribution is 5.91. The lowest BCUT2D eigenvalue weighted by Gasteiger charge is -2.32. The van der Waals surface area contributed by atoms with E-state index in [-0.39, 0.29) is 0 Å². The topological polar surface area (TPSA) is 88.1 Å². The van der Waals surface area contributed by atoms with Crippen LogP contribution in [0.4, 0.5) is 17.2 Å². The van der Waals surface area contributed by atoms with Crippen LogP contribution in [0.5, 0.6) is 0 Å². The third-order valence-corrected chi connectivity index (χ3v) is 5.94. The Bertz CT molecular complexity index is 970. The molecule has 1 aromatic carbocycles. The fourth-order valence-corrected chi connectivity index (χ4v) is 4.36. The van der Waals surface area contributed by atoms with Gasteiger partial charge in [0.2, 0.25) is 0 Å². The molecule has 3 aromatic rings. The number of hydrogen-bond donors (Lipinski definition) is 2. The second kappa shape index (κ2) is 8.79. The monoisotopic (exact) mass is 405 g/mol. The lowest BCUT2D eigenvalue weighted by molar-refractivity contribution is 0.122. The number of anilines is 3. The van der Waals surface area contributed by atoms with Crippen molar-refractivity contribution in [2.24, 2.45) is 0 Å². The van der Waals surface area contributed by atoms with Crippen molar-refractivity contribution in [3.8, 4) is 0 Å². The minimum absolute atomic E-state index is 0.426. The van der Waals surface area contributed by atoms with E-state index in [2.05, 4.69) is 47.6 Å². The maximum Gasteiger partial charge on any atom is 0.144 e. The molecule has 2 fully saturated rings. The molecule has 0 radical (unpaired) electrons. The van der Waals surface area contributed by atoms with Gasteiger partial charge >= 0.3 is 0 Å². The molecule has 2 aromatic heterocycles. The molecule has 3 heterocycles. The minimum Gasteiger partial charge on any atom is -0.380 e. The minimum atomic E-state index is 0.426. The van der Waals surface area contributed by atoms with Gasteiger partial charge < -0.3 is 20.3 Å². The van der Waals surface area contributed by atoms with E-state index in [1.807, 2.05) is 0 Å². The van der Waals surface area contributed by atoms with Crippen LogP contribution in [0.3, 0.4) is 0 Å². The Hall–Kier alpha value is -3.00. The summed E-state index contributed by atoms with van der Waals surface area (Å²) in [6.07, 6.45) is 13.1. The fourth-order valence-electron chi connectivity index (χ4n) is 4.36. The summed E-state index contributed by atoms with van der Waals surface area (Å²) < 4.78 is 5.51. The number of benzene rings is 1. The van der Waals surface area contributed by atoms with Gasteiger partial charge in [0.05, 0.1) is 30.6 Å². The first kappa shape index (κ1) is 19.0. The molecule has 8 nitrogen and oxygen atoms in total. The van der Waals surface area contributed by atoms with E-state index < -0.39 is 0 Å². The smallest absolute Gasteiger partial charge is 0.144 e. The second-order valence-electron chi connectivity index (χ2n) is 7.94. The Morgan fingerprint density at radius 1 is 0.833 bits per heavy atom. The Kier molecular flexibility index (Phi) is 5.56. The summed E-state index contributed by atoms with van der Waals surface area (Å²) in [5.41, 5.74) is 4.13. The molecule has 0 unspecified atom stereocenters. The largest absolute Gasteiger partial charge is 0.380 e. The summed E-state index contributed by atoms with van der Waals surface area (Å²) >= 11 is 0. The van der Waals surface area contributed by atoms with E-state index in [4.69, 9.17) is 4.74 Å². The van der Waals surface area contributed by atoms with Gasteiger partial charge in [0, 0.05) is 55.6 Å². The summed E-state index contributed by atoms with van der Waals surface area (Å²) in [6.45, 7) is 3.35. The Morgan fingerprint density at radius 3 is 2.33 bits per heavy atom. The highest BCUT2D eigenvalue weighted by atomic mass is 16.5. The molecular weight excluding hydrogens is 378 g/mol. The quantitative estimate of drug-likeness (QED) is 0.670. The molecule has 0 spiro atoms. The molecular formula is C22H27N7O. The van der Waals surface area contributed by atoms with Crippen LogP contribution in [-0.4, -0.2) is 58.3 Å². The molecule has 1 saturated heterocycles. The van der Waals surface area contributed by atoms with Gasteiger partial charge in [0.25, 0.3) is 0 Å². The van der Waals surface area contributed by atoms with Crippen LogP contribution < -0.4 is 15.5 Å². The Labute approximate surface area is 176 Å². The van der Waals surface area contributed by atoms with Gasteiger partial charge in [-0.25, -0.2) is 4.98 Å². The molecule has 2 aliphatic rings. The van der Waals surface area contributed by atoms with Crippen LogP contribution in [0.15, 0.2) is 43.1 Å². The van der Waals surface area contributed by atoms with Crippen LogP contribution in [-0.2, 0) is 4.74 Å². The fraction of sp³-hybridized carbons (Fsp3) is 0.455. The summed E-state index contributed by atoms with van der Waals surface area (Å²) in [5.74, 6) is 0.855. The molecule has 0 atom stereocenters. The highest BCUT2D eigenvalue weighted by Gasteiger charge is 2.23. The van der Waals surface area contributed by atoms with Gasteiger partial charge in [-0.3, -0.25) is 15.0 Å². The number of hydrogen-bond acceptors (Lipinski definition) is 8. The van der Waals surface area contributed by atoms with Gasteiger partial charge in [0.1, 0.15) is 11.3 Å². The molecule has 8 heteroatoms. The van der Waals surface area contributed by atoms with Gasteiger partial charge in [0.15, 0.2) is 0 Å². The molecule has 1 saturated carbocycles. The van der Waals surface area contributed by atoms with Crippen molar-refractivity contribution >= 4 is 28.2 Å². The number of nitrogens with one attached hydrogen (secondary N) is 2. The maximum atomic E-state index is 5.51. The normalized spacial score (nSPS) is 22.1. The standard InChI is InChI=1S/C22H27N7O/c1-3-17(28-21-15-23-5-6-25-21)4-2-16(1)27-20-14-18(29-9-11-30-12-10-29)13-19-22(20)26-8-7-24-19/h5-8,13-17,27H,1-4,9-12H2,(H,25,28). The molecule has 0 bridgehead atoms. The van der Waals surface area contributed by atoms with E-state index in [9.17, 15) is 0 Å². The zero-order valence-electron chi connectivity index (χ0n) is 17.0. The third kappa shape index (κ3) is 4.28. The SMILES string of the molecule is c1cnc(NC2CCC(Nc3cc(N4CCOCC4)cc4nccnc34)CC2)cn1. The molecule has 5 rings (SSSR count). The van der Waals surface area contributed by atoms with Gasteiger partial charge in [-0.15, -0.1) is 0 Å². The van der Waals surface area contributed by atoms with Crippen LogP contribution in [0.25, 0.3) is 11.0 Å². The molecule has 1 aliphatic heterocycles. The van der Waals surface area contributed by atoms with Crippen molar-refractivity contribution < 1.29 is 4.74 Å². The maximum absolute atomic E-state index is 5.51. The van der Waals surface area contributed by atoms with E-state index in [0.29, 0.717) is 12.1 Å². The lowest BCUT2D eigenvalue weighted by atomic mass is 9.91. The van der Waals surface area contributed by atoms with Gasteiger partial charge in [-0.2, -0.15) is 0 Å². The molecule has 156 valence electrons. The molecule has 1 aliphatic carbocycles. The van der Waals surface area contributed by atoms with Crippen molar-refractivity contribution in [2.75, 3.05) is 41.8 Å². The summed E-state index contributed by atoms with van der Waals surface area (Å²) in [4.78, 5) is 20.0. The molecule has 0 amide bonds. The molecule has 30 heavy (non-hydrogen) atoms. The predicted molar refractivity (Wildman–Crippen MR) is 118 cm³/mol. The lowest BCUT2D eigenvalue weighted by Crippen LogP contribution is -2.36. The van der Waals surface area contributed by atoms with Crippen molar-refractivity contribution in [1.29, 1.82) is 0 Å². The van der Waals surface area contributed by atoms with E-state index >= 15 is 0 Å². The number of aromatic nitrogens is 4. The summed E-state index contributed by atoms with van der Waals surface area (Å²) in [5, 5.41) is 7.28. The first-order valence-electron chi connectivity index (χ1n) is 10.7. The van der Waals surface area contributed by atoms with Crippen LogP contribution in [0, 0.1) is 0 Å². The van der Waals surface area contributed by atoms with Crippen molar-refractivity contribution in [1.82, 2.24) is 19.9 Å². The van der Waals surface area contributed by atoms with E-state index in [0.717, 1.165) is 74.5 Å².